The van der Waals surface area contributed by atoms with Crippen LogP contribution in [0.25, 0.3) is 0 Å². The van der Waals surface area contributed by atoms with Crippen molar-refractivity contribution in [3.8, 4) is 0 Å². The van der Waals surface area contributed by atoms with Crippen LogP contribution in [-0.4, -0.2) is 5.16 Å². The summed E-state index contributed by atoms with van der Waals surface area (Å²) in [6, 6.07) is 0. The molecule has 1 aromatic rings. The molecule has 0 saturated heterocycles. The van der Waals surface area contributed by atoms with Gasteiger partial charge in [0.1, 0.15) is 0 Å². The maximum atomic E-state index is 9.98. The summed E-state index contributed by atoms with van der Waals surface area (Å²) >= 11 is 0. The lowest BCUT2D eigenvalue weighted by atomic mass is 10.6. The van der Waals surface area contributed by atoms with Crippen molar-refractivity contribution in [2.75, 3.05) is 0 Å². The monoisotopic (exact) mass is 100 g/mol. The van der Waals surface area contributed by atoms with Crippen LogP contribution in [0, 0.1) is 12.1 Å². The van der Waals surface area contributed by atoms with Crippen molar-refractivity contribution in [1.29, 1.82) is 0 Å². The molecule has 0 saturated carbocycles. The number of aryl methyl sites for hydroxylation is 1. The fraction of sp³-hybridized carbons (Fsp3) is 0.333. The summed E-state index contributed by atoms with van der Waals surface area (Å²) in [5.74, 6) is 0. The predicted molar refractivity (Wildman–Crippen MR) is 20.2 cm³/mol. The van der Waals surface area contributed by atoms with Crippen molar-refractivity contribution < 1.29 is 9.53 Å². The van der Waals surface area contributed by atoms with E-state index >= 15 is 0 Å². The molecular formula is C3H4N2O2. The molecule has 1 aromatic heterocycles. The molecule has 0 bridgehead atoms. The van der Waals surface area contributed by atoms with E-state index in [1.807, 2.05) is 0 Å². The van der Waals surface area contributed by atoms with E-state index in [-0.39, 0.29) is 0 Å². The van der Waals surface area contributed by atoms with Crippen LogP contribution in [0.1, 0.15) is 5.69 Å². The van der Waals surface area contributed by atoms with Gasteiger partial charge in [-0.25, -0.2) is 0 Å². The maximum absolute atomic E-state index is 9.98. The molecule has 0 fully saturated rings. The van der Waals surface area contributed by atoms with Gasteiger partial charge in [-0.2, -0.15) is 0 Å². The molecule has 0 spiro atoms. The van der Waals surface area contributed by atoms with Gasteiger partial charge >= 0.3 is 0 Å². The van der Waals surface area contributed by atoms with Crippen LogP contribution in [0.3, 0.4) is 0 Å². The highest BCUT2D eigenvalue weighted by Gasteiger charge is 1.92. The fourth-order valence-corrected chi connectivity index (χ4v) is 0.304. The third-order valence-electron chi connectivity index (χ3n) is 0.558. The Bertz CT molecular complexity index is 143. The molecule has 0 aliphatic carbocycles. The minimum atomic E-state index is 0.301. The van der Waals surface area contributed by atoms with Crippen molar-refractivity contribution >= 4 is 0 Å². The van der Waals surface area contributed by atoms with E-state index in [0.29, 0.717) is 10.6 Å². The van der Waals surface area contributed by atoms with Crippen molar-refractivity contribution in [3.63, 3.8) is 0 Å². The molecule has 0 amide bonds. The minimum absolute atomic E-state index is 0.301. The zero-order chi connectivity index (χ0) is 5.28. The van der Waals surface area contributed by atoms with E-state index in [1.165, 1.54) is 6.20 Å². The molecule has 0 atom stereocenters. The minimum Gasteiger partial charge on any atom is -0.360 e. The molecular weight excluding hydrogens is 96.0 g/mol. The van der Waals surface area contributed by atoms with E-state index in [9.17, 15) is 5.21 Å². The standard InChI is InChI=1S/C3H4N2O2/c1-3-2-5(6)7-4-3/h2H,1H3. The van der Waals surface area contributed by atoms with Gasteiger partial charge in [-0.3, -0.25) is 4.63 Å². The van der Waals surface area contributed by atoms with Gasteiger partial charge < -0.3 is 5.21 Å². The third kappa shape index (κ3) is 0.677. The first-order chi connectivity index (χ1) is 3.29. The number of hydrogen-bond acceptors (Lipinski definition) is 3. The van der Waals surface area contributed by atoms with Crippen molar-refractivity contribution in [3.05, 3.63) is 17.1 Å². The van der Waals surface area contributed by atoms with Gasteiger partial charge in [-0.05, 0) is 4.90 Å². The van der Waals surface area contributed by atoms with Crippen LogP contribution < -0.4 is 4.90 Å². The number of aromatic nitrogens is 2. The fourth-order valence-electron chi connectivity index (χ4n) is 0.304. The Morgan fingerprint density at radius 1 is 2.00 bits per heavy atom. The van der Waals surface area contributed by atoms with Crippen molar-refractivity contribution in [1.82, 2.24) is 5.16 Å². The second kappa shape index (κ2) is 1.22. The normalized spacial score (nSPS) is 9.29. The average molecular weight is 100 g/mol. The average Bonchev–Trinajstić information content (AvgIpc) is 1.87. The van der Waals surface area contributed by atoms with Crippen LogP contribution in [0.4, 0.5) is 0 Å². The van der Waals surface area contributed by atoms with Crippen LogP contribution in [-0.2, 0) is 0 Å². The van der Waals surface area contributed by atoms with E-state index in [4.69, 9.17) is 0 Å². The number of hydrogen-bond donors (Lipinski definition) is 0. The number of rotatable bonds is 0. The topological polar surface area (TPSA) is 53.0 Å². The van der Waals surface area contributed by atoms with Crippen LogP contribution >= 0.6 is 0 Å². The zero-order valence-electron chi connectivity index (χ0n) is 3.79. The molecule has 1 rings (SSSR count). The molecule has 4 heteroatoms. The summed E-state index contributed by atoms with van der Waals surface area (Å²) in [6.07, 6.45) is 1.25. The highest BCUT2D eigenvalue weighted by Crippen LogP contribution is 1.79. The molecule has 38 valence electrons. The Kier molecular flexibility index (Phi) is 0.714. The second-order valence-corrected chi connectivity index (χ2v) is 1.23. The Balaban J connectivity index is 3.04. The summed E-state index contributed by atoms with van der Waals surface area (Å²) < 4.78 is 4.08. The van der Waals surface area contributed by atoms with E-state index in [1.54, 1.807) is 6.92 Å². The second-order valence-electron chi connectivity index (χ2n) is 1.23. The molecule has 0 aliphatic heterocycles. The molecule has 0 aliphatic rings. The van der Waals surface area contributed by atoms with E-state index in [2.05, 4.69) is 9.79 Å². The van der Waals surface area contributed by atoms with E-state index < -0.39 is 0 Å². The van der Waals surface area contributed by atoms with Crippen LogP contribution in [0.2, 0.25) is 0 Å². The number of nitrogens with zero attached hydrogens (tertiary/aromatic N) is 2. The van der Waals surface area contributed by atoms with Gasteiger partial charge in [0.2, 0.25) is 5.69 Å². The Morgan fingerprint density at radius 3 is 2.86 bits per heavy atom. The smallest absolute Gasteiger partial charge is 0.215 e. The van der Waals surface area contributed by atoms with Gasteiger partial charge in [-0.1, -0.05) is 0 Å². The van der Waals surface area contributed by atoms with Crippen molar-refractivity contribution in [2.24, 2.45) is 0 Å². The Morgan fingerprint density at radius 2 is 2.71 bits per heavy atom. The molecule has 0 radical (unpaired) electrons. The first kappa shape index (κ1) is 4.11. The van der Waals surface area contributed by atoms with Crippen molar-refractivity contribution in [2.45, 2.75) is 6.92 Å². The largest absolute Gasteiger partial charge is 0.360 e. The predicted octanol–water partition coefficient (Wildman–Crippen LogP) is -0.384. The lowest BCUT2D eigenvalue weighted by molar-refractivity contribution is -0.802. The lowest BCUT2D eigenvalue weighted by Crippen LogP contribution is -2.20. The summed E-state index contributed by atoms with van der Waals surface area (Å²) in [4.78, 5) is 0.301. The summed E-state index contributed by atoms with van der Waals surface area (Å²) in [6.45, 7) is 1.68. The Hall–Kier alpha value is -1.06. The zero-order valence-corrected chi connectivity index (χ0v) is 3.79. The molecule has 0 aromatic carbocycles. The van der Waals surface area contributed by atoms with Crippen LogP contribution in [0.5, 0.6) is 0 Å². The molecule has 1 heterocycles. The highest BCUT2D eigenvalue weighted by molar-refractivity contribution is 4.77. The third-order valence-corrected chi connectivity index (χ3v) is 0.558. The van der Waals surface area contributed by atoms with Crippen LogP contribution in [0.15, 0.2) is 10.8 Å². The molecule has 7 heavy (non-hydrogen) atoms. The SMILES string of the molecule is Cc1c[n+]([O-])on1. The highest BCUT2D eigenvalue weighted by atomic mass is 16.8. The van der Waals surface area contributed by atoms with Gasteiger partial charge in [0, 0.05) is 12.1 Å². The quantitative estimate of drug-likeness (QED) is 0.417. The molecule has 0 unspecified atom stereocenters. The van der Waals surface area contributed by atoms with E-state index in [0.717, 1.165) is 0 Å². The van der Waals surface area contributed by atoms with Gasteiger partial charge in [-0.15, -0.1) is 0 Å². The maximum Gasteiger partial charge on any atom is 0.215 e. The Labute approximate surface area is 39.9 Å². The first-order valence-corrected chi connectivity index (χ1v) is 1.82. The van der Waals surface area contributed by atoms with Gasteiger partial charge in [0.25, 0.3) is 0 Å². The molecule has 4 nitrogen and oxygen atoms in total. The lowest BCUT2D eigenvalue weighted by Gasteiger charge is -1.73. The summed E-state index contributed by atoms with van der Waals surface area (Å²) in [5, 5.41) is 13.3. The van der Waals surface area contributed by atoms with Gasteiger partial charge in [0.15, 0.2) is 6.20 Å². The summed E-state index contributed by atoms with van der Waals surface area (Å²) in [7, 11) is 0. The first-order valence-electron chi connectivity index (χ1n) is 1.82. The van der Waals surface area contributed by atoms with Gasteiger partial charge in [0.05, 0.1) is 0 Å². The molecule has 0 N–H and O–H groups in total. The summed E-state index contributed by atoms with van der Waals surface area (Å²) in [5.41, 5.74) is 0.593.